The molecule has 0 amide bonds. The van der Waals surface area contributed by atoms with Gasteiger partial charge < -0.3 is 0 Å². The van der Waals surface area contributed by atoms with E-state index in [1.54, 1.807) is 0 Å². The Morgan fingerprint density at radius 3 is 1.60 bits per heavy atom. The fraction of sp³-hybridized carbons (Fsp3) is 0.838. The standard InChI is InChI=1S/C37H67BO2/c1-7-11-15-19-21-26-36(5,25-20-16-12-8-2)30-34-31-38-29-24-33(34)32-40-35(39)37(6,27-22-17-13-9-3)28-23-18-14-10-4/h24,29,31H,7-23,25-28,30,32H2,1-6H3. The van der Waals surface area contributed by atoms with Crippen molar-refractivity contribution in [3.05, 3.63) is 29.1 Å². The summed E-state index contributed by atoms with van der Waals surface area (Å²) in [6, 6.07) is 2.20. The van der Waals surface area contributed by atoms with Crippen LogP contribution in [-0.4, -0.2) is 12.9 Å². The van der Waals surface area contributed by atoms with E-state index in [1.807, 2.05) is 0 Å². The summed E-state index contributed by atoms with van der Waals surface area (Å²) in [4.78, 5) is 13.6. The Hall–Kier alpha value is -1.12. The van der Waals surface area contributed by atoms with Gasteiger partial charge in [-0.25, -0.2) is 0 Å². The van der Waals surface area contributed by atoms with Crippen molar-refractivity contribution in [1.82, 2.24) is 0 Å². The minimum absolute atomic E-state index is 0.0218. The SMILES string of the molecule is CCCCCCCC(C)(CCCCCC)Cc1cbccc1COC(=O)C(C)(CCCCCC)CCCCCC. The maximum absolute atomic E-state index is 13.6. The molecule has 1 aromatic heterocycles. The monoisotopic (exact) mass is 555 g/mol. The first-order chi connectivity index (χ1) is 19.3. The predicted octanol–water partition coefficient (Wildman–Crippen LogP) is 11.9. The molecule has 1 rings (SSSR count). The van der Waals surface area contributed by atoms with E-state index in [9.17, 15) is 4.79 Å². The number of ether oxygens (including phenoxy) is 1. The fourth-order valence-corrected chi connectivity index (χ4v) is 6.30. The molecular weight excluding hydrogens is 487 g/mol. The van der Waals surface area contributed by atoms with Crippen LogP contribution in [-0.2, 0) is 22.6 Å². The van der Waals surface area contributed by atoms with Crippen LogP contribution in [0.2, 0.25) is 0 Å². The van der Waals surface area contributed by atoms with Gasteiger partial charge in [-0.3, -0.25) is 0 Å². The third kappa shape index (κ3) is 15.8. The second kappa shape index (κ2) is 22.5. The average molecular weight is 555 g/mol. The van der Waals surface area contributed by atoms with Crippen molar-refractivity contribution in [2.24, 2.45) is 10.8 Å². The third-order valence-electron chi connectivity index (χ3n) is 9.27. The van der Waals surface area contributed by atoms with E-state index >= 15 is 0 Å². The number of esters is 1. The smallest absolute Gasteiger partial charge is 0.0654 e. The van der Waals surface area contributed by atoms with Gasteiger partial charge in [0, 0.05) is 0 Å². The van der Waals surface area contributed by atoms with Gasteiger partial charge in [-0.15, -0.1) is 0 Å². The van der Waals surface area contributed by atoms with Crippen molar-refractivity contribution < 1.29 is 9.53 Å². The molecule has 0 saturated carbocycles. The minimum Gasteiger partial charge on any atom is -0.0654 e. The van der Waals surface area contributed by atoms with Crippen LogP contribution in [0.4, 0.5) is 0 Å². The summed E-state index contributed by atoms with van der Waals surface area (Å²) in [5.74, 6) is 4.43. The summed E-state index contributed by atoms with van der Waals surface area (Å²) >= 11 is 0. The average Bonchev–Trinajstić information content (AvgIpc) is 2.95. The van der Waals surface area contributed by atoms with Gasteiger partial charge in [0.25, 0.3) is 0 Å². The van der Waals surface area contributed by atoms with Crippen molar-refractivity contribution in [1.29, 1.82) is 0 Å². The molecular formula is C37H67BO2. The van der Waals surface area contributed by atoms with Gasteiger partial charge in [0.2, 0.25) is 0 Å². The van der Waals surface area contributed by atoms with Crippen molar-refractivity contribution in [3.8, 4) is 0 Å². The Balaban J connectivity index is 2.91. The van der Waals surface area contributed by atoms with Crippen LogP contribution in [0.3, 0.4) is 0 Å². The molecule has 1 aromatic rings. The van der Waals surface area contributed by atoms with Gasteiger partial charge in [0.05, 0.1) is 0 Å². The fourth-order valence-electron chi connectivity index (χ4n) is 6.30. The zero-order valence-corrected chi connectivity index (χ0v) is 27.9. The summed E-state index contributed by atoms with van der Waals surface area (Å²) in [5.41, 5.74) is 2.55. The molecule has 1 atom stereocenters. The molecule has 0 aromatic carbocycles. The normalized spacial score (nSPS) is 13.2. The first-order valence-electron chi connectivity index (χ1n) is 17.6. The zero-order chi connectivity index (χ0) is 29.5. The topological polar surface area (TPSA) is 26.3 Å². The summed E-state index contributed by atoms with van der Waals surface area (Å²) in [6.07, 6.45) is 27.2. The number of unbranched alkanes of at least 4 members (excludes halogenated alkanes) is 13. The van der Waals surface area contributed by atoms with Crippen LogP contribution >= 0.6 is 0 Å². The molecule has 1 unspecified atom stereocenters. The molecule has 0 aliphatic rings. The molecule has 1 heterocycles. The van der Waals surface area contributed by atoms with E-state index < -0.39 is 0 Å². The van der Waals surface area contributed by atoms with Crippen LogP contribution < -0.4 is 0 Å². The number of carbonyl (C=O) groups excluding carboxylic acids is 1. The second-order valence-corrected chi connectivity index (χ2v) is 13.5. The number of rotatable bonds is 26. The van der Waals surface area contributed by atoms with E-state index in [0.717, 1.165) is 32.1 Å². The van der Waals surface area contributed by atoms with Gasteiger partial charge in [-0.1, -0.05) is 13.8 Å². The molecule has 2 nitrogen and oxygen atoms in total. The molecule has 40 heavy (non-hydrogen) atoms. The quantitative estimate of drug-likeness (QED) is 0.0841. The van der Waals surface area contributed by atoms with Crippen LogP contribution in [0.25, 0.3) is 0 Å². The third-order valence-corrected chi connectivity index (χ3v) is 9.27. The first kappa shape index (κ1) is 36.9. The van der Waals surface area contributed by atoms with Crippen molar-refractivity contribution >= 4 is 12.9 Å². The molecule has 0 spiro atoms. The second-order valence-electron chi connectivity index (χ2n) is 13.5. The Morgan fingerprint density at radius 1 is 0.650 bits per heavy atom. The molecule has 3 heteroatoms. The molecule has 0 saturated heterocycles. The Kier molecular flexibility index (Phi) is 20.7. The maximum atomic E-state index is 13.6. The molecule has 0 fully saturated rings. The number of carbonyl (C=O) groups is 1. The molecule has 0 N–H and O–H groups in total. The Morgan fingerprint density at radius 2 is 1.10 bits per heavy atom. The van der Waals surface area contributed by atoms with Crippen LogP contribution in [0, 0.1) is 10.8 Å². The number of hydrogen-bond donors (Lipinski definition) is 0. The zero-order valence-electron chi connectivity index (χ0n) is 27.9. The summed E-state index contributed by atoms with van der Waals surface area (Å²) in [5, 5.41) is 0. The molecule has 0 aliphatic heterocycles. The van der Waals surface area contributed by atoms with E-state index in [0.29, 0.717) is 12.0 Å². The van der Waals surface area contributed by atoms with Crippen LogP contribution in [0.1, 0.15) is 188 Å². The van der Waals surface area contributed by atoms with Crippen molar-refractivity contribution in [2.45, 2.75) is 189 Å². The molecule has 0 bridgehead atoms. The Labute approximate surface area is 251 Å². The van der Waals surface area contributed by atoms with E-state index in [4.69, 9.17) is 4.74 Å². The van der Waals surface area contributed by atoms with E-state index in [1.165, 1.54) is 120 Å². The number of hydrogen-bond acceptors (Lipinski definition) is 2. The minimum atomic E-state index is -0.358. The summed E-state index contributed by atoms with van der Waals surface area (Å²) in [7, 11) is 0. The van der Waals surface area contributed by atoms with Gasteiger partial charge in [-0.05, 0) is 0 Å². The van der Waals surface area contributed by atoms with Gasteiger partial charge >= 0.3 is 238 Å². The van der Waals surface area contributed by atoms with Crippen LogP contribution in [0.15, 0.2) is 18.0 Å². The van der Waals surface area contributed by atoms with E-state index in [-0.39, 0.29) is 11.4 Å². The summed E-state index contributed by atoms with van der Waals surface area (Å²) in [6.45, 7) is 16.4. The summed E-state index contributed by atoms with van der Waals surface area (Å²) < 4.78 is 6.16. The van der Waals surface area contributed by atoms with E-state index in [2.05, 4.69) is 66.4 Å². The van der Waals surface area contributed by atoms with Crippen molar-refractivity contribution in [3.63, 3.8) is 0 Å². The molecule has 0 aliphatic carbocycles. The first-order valence-corrected chi connectivity index (χ1v) is 17.6. The molecule has 230 valence electrons. The van der Waals surface area contributed by atoms with Crippen LogP contribution in [0.5, 0.6) is 0 Å². The van der Waals surface area contributed by atoms with Gasteiger partial charge in [-0.2, -0.15) is 0 Å². The van der Waals surface area contributed by atoms with Gasteiger partial charge in [0.15, 0.2) is 0 Å². The predicted molar refractivity (Wildman–Crippen MR) is 177 cm³/mol. The van der Waals surface area contributed by atoms with Crippen molar-refractivity contribution in [2.75, 3.05) is 0 Å². The Bertz CT molecular complexity index is 748. The van der Waals surface area contributed by atoms with Gasteiger partial charge in [0.1, 0.15) is 0 Å². The molecule has 0 radical (unpaired) electrons.